The molecule has 8 heteroatoms. The van der Waals surface area contributed by atoms with Crippen LogP contribution in [0.2, 0.25) is 0 Å². The van der Waals surface area contributed by atoms with E-state index in [-0.39, 0.29) is 23.5 Å². The number of aromatic amines is 1. The van der Waals surface area contributed by atoms with Gasteiger partial charge in [0.2, 0.25) is 0 Å². The van der Waals surface area contributed by atoms with E-state index in [1.54, 1.807) is 12.1 Å². The highest BCUT2D eigenvalue weighted by Gasteiger charge is 2.26. The Bertz CT molecular complexity index is 1270. The molecular weight excluding hydrogens is 424 g/mol. The number of likely N-dealkylation sites (tertiary alicyclic amines) is 1. The third kappa shape index (κ3) is 4.55. The summed E-state index contributed by atoms with van der Waals surface area (Å²) >= 11 is 0. The van der Waals surface area contributed by atoms with Crippen LogP contribution in [-0.2, 0) is 6.54 Å². The number of halogens is 2. The van der Waals surface area contributed by atoms with Crippen LogP contribution in [0.3, 0.4) is 0 Å². The molecule has 2 aromatic carbocycles. The van der Waals surface area contributed by atoms with Gasteiger partial charge in [0.25, 0.3) is 5.91 Å². The summed E-state index contributed by atoms with van der Waals surface area (Å²) in [4.78, 5) is 19.4. The van der Waals surface area contributed by atoms with Crippen molar-refractivity contribution in [2.24, 2.45) is 0 Å². The highest BCUT2D eigenvalue weighted by Crippen LogP contribution is 2.29. The minimum Gasteiger partial charge on any atom is -0.364 e. The molecule has 1 aliphatic rings. The van der Waals surface area contributed by atoms with Gasteiger partial charge in [-0.25, -0.2) is 13.8 Å². The summed E-state index contributed by atoms with van der Waals surface area (Å²) < 4.78 is 26.3. The SMILES string of the molecule is O=C(c1ccc(F)cc1)N1CCCC(c2ccc3c(NCc4ccc(F)cc4)n[nH]c3n2)C1. The molecule has 1 aliphatic heterocycles. The number of fused-ring (bicyclic) bond motifs is 1. The molecule has 33 heavy (non-hydrogen) atoms. The van der Waals surface area contributed by atoms with E-state index in [0.29, 0.717) is 36.7 Å². The van der Waals surface area contributed by atoms with Gasteiger partial charge >= 0.3 is 0 Å². The fraction of sp³-hybridized carbons (Fsp3) is 0.240. The number of rotatable bonds is 5. The Balaban J connectivity index is 1.29. The molecule has 3 heterocycles. The number of nitrogens with one attached hydrogen (secondary N) is 2. The number of anilines is 1. The molecule has 1 atom stereocenters. The van der Waals surface area contributed by atoms with E-state index < -0.39 is 0 Å². The lowest BCUT2D eigenvalue weighted by molar-refractivity contribution is 0.0706. The number of benzene rings is 2. The fourth-order valence-corrected chi connectivity index (χ4v) is 4.25. The maximum absolute atomic E-state index is 13.2. The van der Waals surface area contributed by atoms with Gasteiger partial charge in [-0.1, -0.05) is 12.1 Å². The number of pyridine rings is 1. The Morgan fingerprint density at radius 1 is 1.03 bits per heavy atom. The molecule has 4 aromatic rings. The summed E-state index contributed by atoms with van der Waals surface area (Å²) in [6.07, 6.45) is 1.82. The van der Waals surface area contributed by atoms with Crippen LogP contribution in [-0.4, -0.2) is 39.1 Å². The van der Waals surface area contributed by atoms with E-state index in [4.69, 9.17) is 4.98 Å². The molecule has 6 nitrogen and oxygen atoms in total. The zero-order valence-electron chi connectivity index (χ0n) is 17.9. The minimum atomic E-state index is -0.355. The van der Waals surface area contributed by atoms with Gasteiger partial charge < -0.3 is 10.2 Å². The number of nitrogens with zero attached hydrogens (tertiary/aromatic N) is 3. The zero-order valence-corrected chi connectivity index (χ0v) is 17.9. The lowest BCUT2D eigenvalue weighted by Gasteiger charge is -2.32. The van der Waals surface area contributed by atoms with Crippen LogP contribution >= 0.6 is 0 Å². The number of H-pyrrole nitrogens is 1. The highest BCUT2D eigenvalue weighted by atomic mass is 19.1. The minimum absolute atomic E-state index is 0.0883. The topological polar surface area (TPSA) is 73.9 Å². The zero-order chi connectivity index (χ0) is 22.8. The summed E-state index contributed by atoms with van der Waals surface area (Å²) in [6.45, 7) is 1.76. The van der Waals surface area contributed by atoms with E-state index in [0.717, 1.165) is 29.5 Å². The van der Waals surface area contributed by atoms with Gasteiger partial charge in [-0.15, -0.1) is 0 Å². The first-order valence-corrected chi connectivity index (χ1v) is 10.9. The molecule has 2 aromatic heterocycles. The third-order valence-corrected chi connectivity index (χ3v) is 6.04. The lowest BCUT2D eigenvalue weighted by Crippen LogP contribution is -2.39. The number of aromatic nitrogens is 3. The van der Waals surface area contributed by atoms with Crippen molar-refractivity contribution >= 4 is 22.8 Å². The largest absolute Gasteiger partial charge is 0.364 e. The van der Waals surface area contributed by atoms with E-state index in [1.165, 1.54) is 36.4 Å². The van der Waals surface area contributed by atoms with Crippen molar-refractivity contribution < 1.29 is 13.6 Å². The second-order valence-corrected chi connectivity index (χ2v) is 8.28. The van der Waals surface area contributed by atoms with Crippen molar-refractivity contribution in [3.8, 4) is 0 Å². The molecule has 5 rings (SSSR count). The van der Waals surface area contributed by atoms with Gasteiger partial charge in [0.15, 0.2) is 11.5 Å². The maximum Gasteiger partial charge on any atom is 0.253 e. The van der Waals surface area contributed by atoms with E-state index >= 15 is 0 Å². The molecule has 0 radical (unpaired) electrons. The monoisotopic (exact) mass is 447 g/mol. The predicted octanol–water partition coefficient (Wildman–Crippen LogP) is 4.87. The second-order valence-electron chi connectivity index (χ2n) is 8.28. The van der Waals surface area contributed by atoms with Crippen molar-refractivity contribution in [2.75, 3.05) is 18.4 Å². The van der Waals surface area contributed by atoms with Crippen LogP contribution < -0.4 is 5.32 Å². The van der Waals surface area contributed by atoms with Gasteiger partial charge in [-0.2, -0.15) is 5.10 Å². The van der Waals surface area contributed by atoms with Crippen LogP contribution in [0, 0.1) is 11.6 Å². The third-order valence-electron chi connectivity index (χ3n) is 6.04. The molecule has 0 bridgehead atoms. The molecule has 0 aliphatic carbocycles. The van der Waals surface area contributed by atoms with Crippen molar-refractivity contribution in [1.29, 1.82) is 0 Å². The van der Waals surface area contributed by atoms with Crippen LogP contribution in [0.4, 0.5) is 14.6 Å². The molecule has 1 saturated heterocycles. The normalized spacial score (nSPS) is 16.2. The van der Waals surface area contributed by atoms with Crippen molar-refractivity contribution in [1.82, 2.24) is 20.1 Å². The summed E-state index contributed by atoms with van der Waals surface area (Å²) in [7, 11) is 0. The van der Waals surface area contributed by atoms with Crippen LogP contribution in [0.25, 0.3) is 11.0 Å². The molecule has 1 unspecified atom stereocenters. The van der Waals surface area contributed by atoms with Gasteiger partial charge in [-0.3, -0.25) is 9.89 Å². The van der Waals surface area contributed by atoms with E-state index in [9.17, 15) is 13.6 Å². The number of hydrogen-bond acceptors (Lipinski definition) is 4. The maximum atomic E-state index is 13.2. The number of carbonyl (C=O) groups is 1. The van der Waals surface area contributed by atoms with Gasteiger partial charge in [0, 0.05) is 36.8 Å². The Kier molecular flexibility index (Phi) is 5.73. The molecule has 168 valence electrons. The summed E-state index contributed by atoms with van der Waals surface area (Å²) in [5.74, 6) is 0.0965. The van der Waals surface area contributed by atoms with E-state index in [1.807, 2.05) is 17.0 Å². The molecular formula is C25H23F2N5O. The van der Waals surface area contributed by atoms with Crippen molar-refractivity contribution in [3.05, 3.63) is 89.1 Å². The quantitative estimate of drug-likeness (QED) is 0.458. The summed E-state index contributed by atoms with van der Waals surface area (Å²) in [6, 6.07) is 16.0. The highest BCUT2D eigenvalue weighted by molar-refractivity contribution is 5.94. The molecule has 1 fully saturated rings. The predicted molar refractivity (Wildman–Crippen MR) is 122 cm³/mol. The number of hydrogen-bond donors (Lipinski definition) is 2. The van der Waals surface area contributed by atoms with Crippen molar-refractivity contribution in [3.63, 3.8) is 0 Å². The Hall–Kier alpha value is -3.81. The lowest BCUT2D eigenvalue weighted by atomic mass is 9.93. The van der Waals surface area contributed by atoms with Gasteiger partial charge in [-0.05, 0) is 66.9 Å². The summed E-state index contributed by atoms with van der Waals surface area (Å²) in [5.41, 5.74) is 3.03. The smallest absolute Gasteiger partial charge is 0.253 e. The standard InChI is InChI=1S/C25H23F2N5O/c26-19-7-3-16(4-8-19)14-28-23-21-11-12-22(29-24(21)31-30-23)18-2-1-13-32(15-18)25(33)17-5-9-20(27)10-6-17/h3-12,18H,1-2,13-15H2,(H2,28,29,30,31). The van der Waals surface area contributed by atoms with Crippen LogP contribution in [0.1, 0.15) is 40.4 Å². The first-order valence-electron chi connectivity index (χ1n) is 10.9. The Labute approximate surface area is 189 Å². The molecule has 0 spiro atoms. The number of amides is 1. The van der Waals surface area contributed by atoms with E-state index in [2.05, 4.69) is 15.5 Å². The van der Waals surface area contributed by atoms with Crippen LogP contribution in [0.5, 0.6) is 0 Å². The van der Waals surface area contributed by atoms with Crippen LogP contribution in [0.15, 0.2) is 60.7 Å². The average molecular weight is 447 g/mol. The van der Waals surface area contributed by atoms with Crippen molar-refractivity contribution in [2.45, 2.75) is 25.3 Å². The fourth-order valence-electron chi connectivity index (χ4n) is 4.25. The average Bonchev–Trinajstić information content (AvgIpc) is 3.26. The second kappa shape index (κ2) is 8.97. The van der Waals surface area contributed by atoms with Gasteiger partial charge in [0.1, 0.15) is 11.6 Å². The molecule has 2 N–H and O–H groups in total. The molecule has 1 amide bonds. The first kappa shape index (κ1) is 21.1. The Morgan fingerprint density at radius 2 is 1.76 bits per heavy atom. The van der Waals surface area contributed by atoms with Gasteiger partial charge in [0.05, 0.1) is 5.39 Å². The number of carbonyl (C=O) groups excluding carboxylic acids is 1. The first-order chi connectivity index (χ1) is 16.1. The summed E-state index contributed by atoms with van der Waals surface area (Å²) in [5, 5.41) is 11.4. The molecule has 0 saturated carbocycles. The number of piperidine rings is 1. The Morgan fingerprint density at radius 3 is 2.52 bits per heavy atom.